The maximum atomic E-state index is 13.3. The van der Waals surface area contributed by atoms with Gasteiger partial charge in [0.25, 0.3) is 5.91 Å². The Hall–Kier alpha value is -3.34. The van der Waals surface area contributed by atoms with Crippen molar-refractivity contribution in [3.63, 3.8) is 0 Å². The van der Waals surface area contributed by atoms with Crippen LogP contribution in [0.5, 0.6) is 0 Å². The van der Waals surface area contributed by atoms with Crippen molar-refractivity contribution >= 4 is 11.8 Å². The van der Waals surface area contributed by atoms with E-state index in [4.69, 9.17) is 4.42 Å². The van der Waals surface area contributed by atoms with Gasteiger partial charge < -0.3 is 14.2 Å². The van der Waals surface area contributed by atoms with Gasteiger partial charge in [0.2, 0.25) is 5.91 Å². The summed E-state index contributed by atoms with van der Waals surface area (Å²) in [6, 6.07) is 22.0. The van der Waals surface area contributed by atoms with Crippen molar-refractivity contribution in [2.75, 3.05) is 19.6 Å². The monoisotopic (exact) mass is 446 g/mol. The Morgan fingerprint density at radius 2 is 1.45 bits per heavy atom. The van der Waals surface area contributed by atoms with Gasteiger partial charge in [-0.15, -0.1) is 0 Å². The molecule has 0 spiro atoms. The van der Waals surface area contributed by atoms with Gasteiger partial charge in [-0.25, -0.2) is 0 Å². The molecular weight excluding hydrogens is 412 g/mol. The van der Waals surface area contributed by atoms with Gasteiger partial charge in [-0.2, -0.15) is 0 Å². The molecule has 5 nitrogen and oxygen atoms in total. The lowest BCUT2D eigenvalue weighted by atomic mass is 10.1. The number of aryl methyl sites for hydroxylation is 2. The van der Waals surface area contributed by atoms with E-state index < -0.39 is 0 Å². The molecule has 0 saturated heterocycles. The van der Waals surface area contributed by atoms with Gasteiger partial charge in [0.1, 0.15) is 11.5 Å². The molecule has 0 aliphatic carbocycles. The second-order valence-electron chi connectivity index (χ2n) is 8.41. The lowest BCUT2D eigenvalue weighted by molar-refractivity contribution is -0.132. The summed E-state index contributed by atoms with van der Waals surface area (Å²) in [5.74, 6) is 1.33. The zero-order valence-corrected chi connectivity index (χ0v) is 19.9. The minimum Gasteiger partial charge on any atom is -0.466 e. The van der Waals surface area contributed by atoms with E-state index in [-0.39, 0.29) is 11.8 Å². The zero-order valence-electron chi connectivity index (χ0n) is 19.9. The third kappa shape index (κ3) is 7.07. The lowest BCUT2D eigenvalue weighted by Gasteiger charge is -2.26. The van der Waals surface area contributed by atoms with E-state index in [1.165, 1.54) is 5.56 Å². The smallest absolute Gasteiger partial charge is 0.257 e. The molecule has 1 aromatic heterocycles. The Kier molecular flexibility index (Phi) is 8.87. The Labute approximate surface area is 197 Å². The molecule has 0 aliphatic rings. The molecule has 33 heavy (non-hydrogen) atoms. The molecule has 0 saturated carbocycles. The Morgan fingerprint density at radius 1 is 0.818 bits per heavy atom. The van der Waals surface area contributed by atoms with E-state index in [1.54, 1.807) is 17.9 Å². The highest BCUT2D eigenvalue weighted by atomic mass is 16.3. The highest BCUT2D eigenvalue weighted by Gasteiger charge is 2.22. The topological polar surface area (TPSA) is 53.8 Å². The zero-order chi connectivity index (χ0) is 23.6. The molecule has 174 valence electrons. The van der Waals surface area contributed by atoms with Gasteiger partial charge in [0.15, 0.2) is 0 Å². The normalized spacial score (nSPS) is 10.8. The first-order valence-electron chi connectivity index (χ1n) is 11.7. The number of furan rings is 1. The molecule has 2 amide bonds. The third-order valence-electron chi connectivity index (χ3n) is 5.73. The van der Waals surface area contributed by atoms with Crippen LogP contribution in [0.3, 0.4) is 0 Å². The molecule has 3 aromatic rings. The summed E-state index contributed by atoms with van der Waals surface area (Å²) in [5.41, 5.74) is 2.89. The largest absolute Gasteiger partial charge is 0.466 e. The fraction of sp³-hybridized carbons (Fsp3) is 0.357. The van der Waals surface area contributed by atoms with E-state index >= 15 is 0 Å². The van der Waals surface area contributed by atoms with Crippen LogP contribution in [-0.4, -0.2) is 41.2 Å². The molecule has 0 aliphatic heterocycles. The summed E-state index contributed by atoms with van der Waals surface area (Å²) in [7, 11) is 0. The predicted octanol–water partition coefficient (Wildman–Crippen LogP) is 5.41. The maximum absolute atomic E-state index is 13.3. The number of hydrogen-bond acceptors (Lipinski definition) is 3. The summed E-state index contributed by atoms with van der Waals surface area (Å²) in [6.07, 6.45) is 1.92. The van der Waals surface area contributed by atoms with Gasteiger partial charge >= 0.3 is 0 Å². The average molecular weight is 447 g/mol. The Morgan fingerprint density at radius 3 is 2.03 bits per heavy atom. The summed E-state index contributed by atoms with van der Waals surface area (Å²) in [4.78, 5) is 30.0. The van der Waals surface area contributed by atoms with Crippen molar-refractivity contribution in [1.29, 1.82) is 0 Å². The third-order valence-corrected chi connectivity index (χ3v) is 5.73. The first-order chi connectivity index (χ1) is 16.0. The van der Waals surface area contributed by atoms with Crippen LogP contribution in [0.1, 0.15) is 52.8 Å². The van der Waals surface area contributed by atoms with Gasteiger partial charge in [0.05, 0.1) is 5.56 Å². The highest BCUT2D eigenvalue weighted by molar-refractivity contribution is 5.95. The number of carbonyl (C=O) groups excluding carboxylic acids is 2. The van der Waals surface area contributed by atoms with Crippen molar-refractivity contribution in [2.24, 2.45) is 0 Å². The van der Waals surface area contributed by atoms with E-state index in [0.717, 1.165) is 24.2 Å². The molecule has 3 rings (SSSR count). The second-order valence-corrected chi connectivity index (χ2v) is 8.41. The first-order valence-corrected chi connectivity index (χ1v) is 11.7. The van der Waals surface area contributed by atoms with Crippen molar-refractivity contribution in [3.05, 3.63) is 94.9 Å². The number of benzene rings is 2. The highest BCUT2D eigenvalue weighted by Crippen LogP contribution is 2.17. The fourth-order valence-corrected chi connectivity index (χ4v) is 3.99. The minimum absolute atomic E-state index is 0.0591. The van der Waals surface area contributed by atoms with Crippen LogP contribution in [0, 0.1) is 13.8 Å². The molecular formula is C28H34N2O3. The van der Waals surface area contributed by atoms with E-state index in [2.05, 4.69) is 12.1 Å². The molecule has 2 aromatic carbocycles. The van der Waals surface area contributed by atoms with E-state index in [1.807, 2.05) is 67.3 Å². The van der Waals surface area contributed by atoms with Crippen molar-refractivity contribution in [1.82, 2.24) is 9.80 Å². The predicted molar refractivity (Wildman–Crippen MR) is 131 cm³/mol. The van der Waals surface area contributed by atoms with Crippen molar-refractivity contribution < 1.29 is 14.0 Å². The first kappa shape index (κ1) is 24.3. The Bertz CT molecular complexity index is 1030. The summed E-state index contributed by atoms with van der Waals surface area (Å²) in [6.45, 7) is 7.89. The summed E-state index contributed by atoms with van der Waals surface area (Å²) >= 11 is 0. The molecule has 0 bridgehead atoms. The van der Waals surface area contributed by atoms with Crippen molar-refractivity contribution in [2.45, 2.75) is 46.6 Å². The van der Waals surface area contributed by atoms with E-state index in [0.29, 0.717) is 43.9 Å². The number of hydrogen-bond donors (Lipinski definition) is 0. The van der Waals surface area contributed by atoms with E-state index in [9.17, 15) is 9.59 Å². The van der Waals surface area contributed by atoms with Crippen LogP contribution < -0.4 is 0 Å². The standard InChI is InChI=1S/C28H34N2O3/c1-4-17-29(28(32)26-20-22(2)33-23(26)3)19-16-27(31)30(21-25-13-9-6-10-14-25)18-15-24-11-7-5-8-12-24/h5-14,20H,4,15-19,21H2,1-3H3. The van der Waals surface area contributed by atoms with Gasteiger partial charge in [-0.1, -0.05) is 67.6 Å². The molecule has 0 N–H and O–H groups in total. The lowest BCUT2D eigenvalue weighted by Crippen LogP contribution is -2.38. The number of amides is 2. The summed E-state index contributed by atoms with van der Waals surface area (Å²) in [5, 5.41) is 0. The SMILES string of the molecule is CCCN(CCC(=O)N(CCc1ccccc1)Cc1ccccc1)C(=O)c1cc(C)oc1C. The van der Waals surface area contributed by atoms with Crippen LogP contribution in [0.2, 0.25) is 0 Å². The number of carbonyl (C=O) groups is 2. The minimum atomic E-state index is -0.0714. The van der Waals surface area contributed by atoms with Crippen LogP contribution in [0.4, 0.5) is 0 Å². The van der Waals surface area contributed by atoms with Gasteiger partial charge in [0, 0.05) is 32.6 Å². The van der Waals surface area contributed by atoms with Crippen LogP contribution in [0.15, 0.2) is 71.1 Å². The maximum Gasteiger partial charge on any atom is 0.257 e. The molecule has 1 heterocycles. The second kappa shape index (κ2) is 12.0. The molecule has 0 atom stereocenters. The molecule has 0 unspecified atom stereocenters. The van der Waals surface area contributed by atoms with Crippen molar-refractivity contribution in [3.8, 4) is 0 Å². The van der Waals surface area contributed by atoms with Gasteiger partial charge in [-0.3, -0.25) is 9.59 Å². The van der Waals surface area contributed by atoms with Crippen LogP contribution >= 0.6 is 0 Å². The fourth-order valence-electron chi connectivity index (χ4n) is 3.99. The molecule has 0 fully saturated rings. The van der Waals surface area contributed by atoms with Crippen LogP contribution in [-0.2, 0) is 17.8 Å². The molecule has 0 radical (unpaired) electrons. The average Bonchev–Trinajstić information content (AvgIpc) is 3.17. The van der Waals surface area contributed by atoms with Gasteiger partial charge in [-0.05, 0) is 43.9 Å². The number of nitrogens with zero attached hydrogens (tertiary/aromatic N) is 2. The Balaban J connectivity index is 1.68. The summed E-state index contributed by atoms with van der Waals surface area (Å²) < 4.78 is 5.55. The molecule has 5 heteroatoms. The number of rotatable bonds is 11. The van der Waals surface area contributed by atoms with Crippen LogP contribution in [0.25, 0.3) is 0 Å². The quantitative estimate of drug-likeness (QED) is 0.396.